The Morgan fingerprint density at radius 3 is 2.65 bits per heavy atom. The van der Waals surface area contributed by atoms with Gasteiger partial charge in [0.2, 0.25) is 11.8 Å². The molecule has 0 aromatic heterocycles. The van der Waals surface area contributed by atoms with E-state index < -0.39 is 0 Å². The molecule has 142 valence electrons. The monoisotopic (exact) mass is 360 g/mol. The zero-order chi connectivity index (χ0) is 18.5. The fraction of sp³-hybridized carbons (Fsp3) is 0.579. The number of piperidine rings is 1. The van der Waals surface area contributed by atoms with Gasteiger partial charge in [-0.25, -0.2) is 0 Å². The van der Waals surface area contributed by atoms with Crippen LogP contribution in [0.2, 0.25) is 0 Å². The Morgan fingerprint density at radius 2 is 1.96 bits per heavy atom. The summed E-state index contributed by atoms with van der Waals surface area (Å²) in [6, 6.07) is 8.06. The van der Waals surface area contributed by atoms with Crippen molar-refractivity contribution in [3.05, 3.63) is 24.3 Å². The van der Waals surface area contributed by atoms with Crippen LogP contribution >= 0.6 is 0 Å². The normalized spacial score (nSPS) is 21.5. The van der Waals surface area contributed by atoms with Gasteiger partial charge >= 0.3 is 0 Å². The maximum Gasteiger partial charge on any atom is 0.236 e. The Hall–Kier alpha value is -2.28. The molecule has 2 fully saturated rings. The van der Waals surface area contributed by atoms with Crippen LogP contribution in [-0.2, 0) is 9.59 Å². The molecule has 1 aromatic rings. The number of rotatable bonds is 5. The number of likely N-dealkylation sites (tertiary alicyclic amines) is 1. The second-order valence-corrected chi connectivity index (χ2v) is 7.05. The van der Waals surface area contributed by atoms with Crippen molar-refractivity contribution in [2.75, 3.05) is 57.8 Å². The van der Waals surface area contributed by atoms with Gasteiger partial charge < -0.3 is 20.3 Å². The number of primary amides is 1. The number of benzene rings is 1. The minimum Gasteiger partial charge on any atom is -0.497 e. The van der Waals surface area contributed by atoms with Crippen LogP contribution in [0.1, 0.15) is 12.8 Å². The van der Waals surface area contributed by atoms with Gasteiger partial charge in [0, 0.05) is 51.0 Å². The summed E-state index contributed by atoms with van der Waals surface area (Å²) in [7, 11) is 1.67. The lowest BCUT2D eigenvalue weighted by Gasteiger charge is -2.37. The van der Waals surface area contributed by atoms with Crippen molar-refractivity contribution < 1.29 is 14.3 Å². The van der Waals surface area contributed by atoms with E-state index in [1.807, 2.05) is 18.2 Å². The van der Waals surface area contributed by atoms with E-state index >= 15 is 0 Å². The molecule has 0 aliphatic carbocycles. The van der Waals surface area contributed by atoms with Crippen molar-refractivity contribution in [3.8, 4) is 5.75 Å². The molecular formula is C19H28N4O3. The molecule has 7 nitrogen and oxygen atoms in total. The van der Waals surface area contributed by atoms with Crippen LogP contribution in [0.25, 0.3) is 0 Å². The maximum absolute atomic E-state index is 12.6. The first-order valence-electron chi connectivity index (χ1n) is 9.25. The number of nitrogens with two attached hydrogens (primary N) is 1. The van der Waals surface area contributed by atoms with Gasteiger partial charge in [-0.05, 0) is 25.0 Å². The zero-order valence-corrected chi connectivity index (χ0v) is 15.4. The molecule has 1 atom stereocenters. The smallest absolute Gasteiger partial charge is 0.236 e. The van der Waals surface area contributed by atoms with E-state index in [0.29, 0.717) is 13.1 Å². The van der Waals surface area contributed by atoms with Crippen LogP contribution in [0, 0.1) is 5.92 Å². The first kappa shape index (κ1) is 18.5. The first-order chi connectivity index (χ1) is 12.6. The summed E-state index contributed by atoms with van der Waals surface area (Å²) >= 11 is 0. The third-order valence-electron chi connectivity index (χ3n) is 5.33. The number of ether oxygens (including phenoxy) is 1. The van der Waals surface area contributed by atoms with Gasteiger partial charge in [-0.1, -0.05) is 6.07 Å². The van der Waals surface area contributed by atoms with E-state index in [1.165, 1.54) is 0 Å². The predicted octanol–water partition coefficient (Wildman–Crippen LogP) is 0.541. The fourth-order valence-corrected chi connectivity index (χ4v) is 3.70. The third kappa shape index (κ3) is 4.46. The predicted molar refractivity (Wildman–Crippen MR) is 100 cm³/mol. The summed E-state index contributed by atoms with van der Waals surface area (Å²) in [5.41, 5.74) is 6.55. The molecule has 7 heteroatoms. The van der Waals surface area contributed by atoms with E-state index in [0.717, 1.165) is 57.0 Å². The standard InChI is InChI=1S/C19H28N4O3/c1-26-17-6-2-5-16(12-17)22-10-8-21(9-11-22)14-18(24)23-7-3-4-15(13-23)19(20)25/h2,5-6,12,15H,3-4,7-11,13-14H2,1H3,(H2,20,25)/t15-/m1/s1. The highest BCUT2D eigenvalue weighted by atomic mass is 16.5. The van der Waals surface area contributed by atoms with Crippen LogP contribution in [0.15, 0.2) is 24.3 Å². The molecule has 2 saturated heterocycles. The number of methoxy groups -OCH3 is 1. The lowest BCUT2D eigenvalue weighted by atomic mass is 9.97. The third-order valence-corrected chi connectivity index (χ3v) is 5.33. The van der Waals surface area contributed by atoms with E-state index in [4.69, 9.17) is 10.5 Å². The van der Waals surface area contributed by atoms with Gasteiger partial charge in [0.05, 0.1) is 19.6 Å². The molecule has 2 aliphatic rings. The summed E-state index contributed by atoms with van der Waals surface area (Å²) in [6.45, 7) is 5.06. The SMILES string of the molecule is COc1cccc(N2CCN(CC(=O)N3CCC[C@@H](C(N)=O)C3)CC2)c1. The van der Waals surface area contributed by atoms with E-state index in [2.05, 4.69) is 15.9 Å². The second kappa shape index (κ2) is 8.40. The number of hydrogen-bond acceptors (Lipinski definition) is 5. The van der Waals surface area contributed by atoms with Gasteiger partial charge in [-0.15, -0.1) is 0 Å². The fourth-order valence-electron chi connectivity index (χ4n) is 3.70. The van der Waals surface area contributed by atoms with Gasteiger partial charge in [-0.3, -0.25) is 14.5 Å². The molecule has 0 saturated carbocycles. The molecular weight excluding hydrogens is 332 g/mol. The largest absolute Gasteiger partial charge is 0.497 e. The number of amides is 2. The number of hydrogen-bond donors (Lipinski definition) is 1. The Balaban J connectivity index is 1.49. The first-order valence-corrected chi connectivity index (χ1v) is 9.25. The van der Waals surface area contributed by atoms with Crippen LogP contribution in [0.3, 0.4) is 0 Å². The molecule has 2 amide bonds. The van der Waals surface area contributed by atoms with Crippen molar-refractivity contribution in [2.45, 2.75) is 12.8 Å². The van der Waals surface area contributed by atoms with Crippen molar-refractivity contribution in [1.82, 2.24) is 9.80 Å². The minimum atomic E-state index is -0.297. The Labute approximate surface area is 154 Å². The summed E-state index contributed by atoms with van der Waals surface area (Å²) in [5, 5.41) is 0. The number of carbonyl (C=O) groups is 2. The molecule has 26 heavy (non-hydrogen) atoms. The van der Waals surface area contributed by atoms with Crippen LogP contribution in [0.5, 0.6) is 5.75 Å². The molecule has 0 spiro atoms. The molecule has 2 heterocycles. The van der Waals surface area contributed by atoms with Crippen LogP contribution < -0.4 is 15.4 Å². The van der Waals surface area contributed by atoms with Crippen molar-refractivity contribution in [3.63, 3.8) is 0 Å². The number of anilines is 1. The van der Waals surface area contributed by atoms with Crippen LogP contribution in [-0.4, -0.2) is 74.5 Å². The number of nitrogens with zero attached hydrogens (tertiary/aromatic N) is 3. The summed E-state index contributed by atoms with van der Waals surface area (Å²) < 4.78 is 5.29. The molecule has 2 aliphatic heterocycles. The highest BCUT2D eigenvalue weighted by Crippen LogP contribution is 2.22. The Bertz CT molecular complexity index is 643. The van der Waals surface area contributed by atoms with Gasteiger partial charge in [-0.2, -0.15) is 0 Å². The molecule has 0 radical (unpaired) electrons. The average Bonchev–Trinajstić information content (AvgIpc) is 2.68. The quantitative estimate of drug-likeness (QED) is 0.829. The zero-order valence-electron chi connectivity index (χ0n) is 15.4. The molecule has 2 N–H and O–H groups in total. The van der Waals surface area contributed by atoms with E-state index in [9.17, 15) is 9.59 Å². The highest BCUT2D eigenvalue weighted by Gasteiger charge is 2.28. The van der Waals surface area contributed by atoms with Gasteiger partial charge in [0.1, 0.15) is 5.75 Å². The minimum absolute atomic E-state index is 0.103. The van der Waals surface area contributed by atoms with E-state index in [-0.39, 0.29) is 17.7 Å². The van der Waals surface area contributed by atoms with Gasteiger partial charge in [0.25, 0.3) is 0 Å². The highest BCUT2D eigenvalue weighted by molar-refractivity contribution is 5.81. The Kier molecular flexibility index (Phi) is 5.98. The summed E-state index contributed by atoms with van der Waals surface area (Å²) in [5.74, 6) is 0.465. The molecule has 0 unspecified atom stereocenters. The van der Waals surface area contributed by atoms with Gasteiger partial charge in [0.15, 0.2) is 0 Å². The topological polar surface area (TPSA) is 79.1 Å². The second-order valence-electron chi connectivity index (χ2n) is 7.05. The van der Waals surface area contributed by atoms with Crippen LogP contribution in [0.4, 0.5) is 5.69 Å². The Morgan fingerprint density at radius 1 is 1.19 bits per heavy atom. The van der Waals surface area contributed by atoms with Crippen molar-refractivity contribution >= 4 is 17.5 Å². The summed E-state index contributed by atoms with van der Waals surface area (Å²) in [6.07, 6.45) is 1.64. The summed E-state index contributed by atoms with van der Waals surface area (Å²) in [4.78, 5) is 30.3. The van der Waals surface area contributed by atoms with Crippen molar-refractivity contribution in [1.29, 1.82) is 0 Å². The average molecular weight is 360 g/mol. The lowest BCUT2D eigenvalue weighted by molar-refractivity contribution is -0.136. The number of piperazine rings is 1. The molecule has 3 rings (SSSR count). The lowest BCUT2D eigenvalue weighted by Crippen LogP contribution is -2.52. The number of carbonyl (C=O) groups excluding carboxylic acids is 2. The maximum atomic E-state index is 12.6. The molecule has 1 aromatic carbocycles. The molecule has 0 bridgehead atoms. The van der Waals surface area contributed by atoms with E-state index in [1.54, 1.807) is 12.0 Å². The van der Waals surface area contributed by atoms with Crippen molar-refractivity contribution in [2.24, 2.45) is 11.7 Å².